The van der Waals surface area contributed by atoms with Gasteiger partial charge in [-0.1, -0.05) is 0 Å². The average Bonchev–Trinajstić information content (AvgIpc) is 2.48. The summed E-state index contributed by atoms with van der Waals surface area (Å²) in [6.45, 7) is 3.82. The van der Waals surface area contributed by atoms with E-state index in [1.165, 1.54) is 0 Å². The fourth-order valence-corrected chi connectivity index (χ4v) is 1.78. The van der Waals surface area contributed by atoms with Gasteiger partial charge in [-0.3, -0.25) is 5.41 Å². The van der Waals surface area contributed by atoms with Crippen LogP contribution in [0.2, 0.25) is 0 Å². The van der Waals surface area contributed by atoms with Gasteiger partial charge in [-0.05, 0) is 12.1 Å². The Morgan fingerprint density at radius 3 is 2.48 bits per heavy atom. The number of nitrogens with two attached hydrogens (primary N) is 1. The molecule has 0 atom stereocenters. The Balaban J connectivity index is 0.000000322. The van der Waals surface area contributed by atoms with Crippen LogP contribution in [0.5, 0.6) is 0 Å². The van der Waals surface area contributed by atoms with Crippen molar-refractivity contribution < 1.29 is 23.1 Å². The number of alkyl halides is 3. The standard InChI is InChI=1S/C10H16N6.C2HF3O2/c11-10(12)15-9-8(2-1-3-14-9)16-6-4-13-5-7-16;3-2(4,5)1(6)7/h1-3,13H,4-7H2,(H4,11,12,14,15);(H,6,7). The number of nitrogens with zero attached hydrogens (tertiary/aromatic N) is 2. The highest BCUT2D eigenvalue weighted by atomic mass is 19.4. The molecule has 0 aromatic carbocycles. The Morgan fingerprint density at radius 1 is 1.43 bits per heavy atom. The molecule has 23 heavy (non-hydrogen) atoms. The minimum absolute atomic E-state index is 0.0879. The Bertz CT molecular complexity index is 546. The minimum atomic E-state index is -5.08. The van der Waals surface area contributed by atoms with E-state index in [-0.39, 0.29) is 5.96 Å². The van der Waals surface area contributed by atoms with Crippen LogP contribution < -0.4 is 21.3 Å². The van der Waals surface area contributed by atoms with Crippen molar-refractivity contribution in [2.75, 3.05) is 36.4 Å². The summed E-state index contributed by atoms with van der Waals surface area (Å²) < 4.78 is 31.7. The molecule has 8 nitrogen and oxygen atoms in total. The molecule has 0 unspecified atom stereocenters. The number of anilines is 2. The zero-order valence-corrected chi connectivity index (χ0v) is 12.0. The average molecular weight is 334 g/mol. The van der Waals surface area contributed by atoms with Gasteiger partial charge in [0.15, 0.2) is 11.8 Å². The third-order valence-corrected chi connectivity index (χ3v) is 2.74. The van der Waals surface area contributed by atoms with Crippen molar-refractivity contribution in [3.8, 4) is 0 Å². The SMILES string of the molecule is N=C(N)Nc1ncccc1N1CCNCC1.O=C(O)C(F)(F)F. The largest absolute Gasteiger partial charge is 0.490 e. The van der Waals surface area contributed by atoms with Gasteiger partial charge in [0, 0.05) is 32.4 Å². The minimum Gasteiger partial charge on any atom is -0.475 e. The highest BCUT2D eigenvalue weighted by molar-refractivity contribution is 5.92. The maximum atomic E-state index is 10.6. The third-order valence-electron chi connectivity index (χ3n) is 2.74. The van der Waals surface area contributed by atoms with E-state index in [1.54, 1.807) is 6.20 Å². The molecule has 1 aromatic rings. The molecule has 0 aliphatic carbocycles. The molecule has 1 fully saturated rings. The molecule has 128 valence electrons. The molecule has 11 heteroatoms. The van der Waals surface area contributed by atoms with Gasteiger partial charge in [0.2, 0.25) is 0 Å². The van der Waals surface area contributed by atoms with Gasteiger partial charge in [0.05, 0.1) is 5.69 Å². The van der Waals surface area contributed by atoms with Gasteiger partial charge >= 0.3 is 12.1 Å². The van der Waals surface area contributed by atoms with Crippen molar-refractivity contribution in [2.24, 2.45) is 5.73 Å². The molecule has 1 saturated heterocycles. The number of carboxylic acids is 1. The van der Waals surface area contributed by atoms with Crippen molar-refractivity contribution >= 4 is 23.4 Å². The number of aliphatic carboxylic acids is 1. The predicted molar refractivity (Wildman–Crippen MR) is 78.5 cm³/mol. The number of piperazine rings is 1. The summed E-state index contributed by atoms with van der Waals surface area (Å²) in [7, 11) is 0. The first-order chi connectivity index (χ1) is 10.7. The van der Waals surface area contributed by atoms with Crippen LogP contribution in [-0.4, -0.2) is 54.4 Å². The highest BCUT2D eigenvalue weighted by Gasteiger charge is 2.38. The molecule has 0 radical (unpaired) electrons. The predicted octanol–water partition coefficient (Wildman–Crippen LogP) is 0.430. The molecular weight excluding hydrogens is 317 g/mol. The maximum absolute atomic E-state index is 10.6. The number of guanidine groups is 1. The summed E-state index contributed by atoms with van der Waals surface area (Å²) >= 11 is 0. The zero-order valence-electron chi connectivity index (χ0n) is 12.0. The lowest BCUT2D eigenvalue weighted by atomic mass is 10.3. The molecule has 2 heterocycles. The topological polar surface area (TPSA) is 127 Å². The van der Waals surface area contributed by atoms with Gasteiger partial charge in [-0.25, -0.2) is 9.78 Å². The van der Waals surface area contributed by atoms with Crippen molar-refractivity contribution in [2.45, 2.75) is 6.18 Å². The Hall–Kier alpha value is -2.56. The Morgan fingerprint density at radius 2 is 2.00 bits per heavy atom. The summed E-state index contributed by atoms with van der Waals surface area (Å²) in [5.41, 5.74) is 6.32. The fourth-order valence-electron chi connectivity index (χ4n) is 1.78. The second-order valence-electron chi connectivity index (χ2n) is 4.45. The van der Waals surface area contributed by atoms with E-state index in [0.717, 1.165) is 31.9 Å². The molecule has 1 aliphatic rings. The molecule has 0 saturated carbocycles. The smallest absolute Gasteiger partial charge is 0.475 e. The van der Waals surface area contributed by atoms with Crippen LogP contribution in [0.25, 0.3) is 0 Å². The lowest BCUT2D eigenvalue weighted by Gasteiger charge is -2.30. The Labute approximate surface area is 130 Å². The monoisotopic (exact) mass is 334 g/mol. The molecular formula is C12H17F3N6O2. The maximum Gasteiger partial charge on any atom is 0.490 e. The summed E-state index contributed by atoms with van der Waals surface area (Å²) in [6.07, 6.45) is -3.39. The van der Waals surface area contributed by atoms with E-state index in [0.29, 0.717) is 5.82 Å². The van der Waals surface area contributed by atoms with Crippen molar-refractivity contribution in [3.63, 3.8) is 0 Å². The number of pyridine rings is 1. The second kappa shape index (κ2) is 8.17. The van der Waals surface area contributed by atoms with Crippen LogP contribution in [0.15, 0.2) is 18.3 Å². The second-order valence-corrected chi connectivity index (χ2v) is 4.45. The molecule has 0 bridgehead atoms. The summed E-state index contributed by atoms with van der Waals surface area (Å²) in [5, 5.41) is 20.4. The van der Waals surface area contributed by atoms with Crippen LogP contribution >= 0.6 is 0 Å². The number of hydrogen-bond acceptors (Lipinski definition) is 5. The Kier molecular flexibility index (Phi) is 6.57. The number of hydrogen-bond donors (Lipinski definition) is 5. The number of aromatic nitrogens is 1. The molecule has 1 aromatic heterocycles. The lowest BCUT2D eigenvalue weighted by Crippen LogP contribution is -2.44. The first-order valence-electron chi connectivity index (χ1n) is 6.53. The fraction of sp³-hybridized carbons (Fsp3) is 0.417. The van der Waals surface area contributed by atoms with Gasteiger partial charge in [-0.2, -0.15) is 13.2 Å². The molecule has 0 spiro atoms. The quantitative estimate of drug-likeness (QED) is 0.392. The van der Waals surface area contributed by atoms with Crippen LogP contribution in [0, 0.1) is 5.41 Å². The highest BCUT2D eigenvalue weighted by Crippen LogP contribution is 2.22. The van der Waals surface area contributed by atoms with Crippen LogP contribution in [0.1, 0.15) is 0 Å². The number of rotatable bonds is 2. The van der Waals surface area contributed by atoms with E-state index in [4.69, 9.17) is 21.0 Å². The van der Waals surface area contributed by atoms with Crippen molar-refractivity contribution in [1.82, 2.24) is 10.3 Å². The molecule has 0 amide bonds. The van der Waals surface area contributed by atoms with E-state index in [9.17, 15) is 13.2 Å². The first-order valence-corrected chi connectivity index (χ1v) is 6.53. The van der Waals surface area contributed by atoms with E-state index >= 15 is 0 Å². The van der Waals surface area contributed by atoms with Gasteiger partial charge in [-0.15, -0.1) is 0 Å². The first kappa shape index (κ1) is 18.5. The summed E-state index contributed by atoms with van der Waals surface area (Å²) in [6, 6.07) is 3.88. The van der Waals surface area contributed by atoms with Crippen LogP contribution in [-0.2, 0) is 4.79 Å². The number of nitrogens with one attached hydrogen (secondary N) is 3. The molecule has 2 rings (SSSR count). The molecule has 6 N–H and O–H groups in total. The normalized spacial score (nSPS) is 14.5. The van der Waals surface area contributed by atoms with Crippen LogP contribution in [0.4, 0.5) is 24.7 Å². The van der Waals surface area contributed by atoms with E-state index in [2.05, 4.69) is 20.5 Å². The number of carboxylic acid groups (broad SMARTS) is 1. The van der Waals surface area contributed by atoms with Gasteiger partial charge in [0.1, 0.15) is 0 Å². The van der Waals surface area contributed by atoms with Gasteiger partial charge in [0.25, 0.3) is 0 Å². The lowest BCUT2D eigenvalue weighted by molar-refractivity contribution is -0.192. The number of carbonyl (C=O) groups is 1. The summed E-state index contributed by atoms with van der Waals surface area (Å²) in [5.74, 6) is -2.19. The number of halogens is 3. The van der Waals surface area contributed by atoms with Crippen molar-refractivity contribution in [3.05, 3.63) is 18.3 Å². The van der Waals surface area contributed by atoms with Gasteiger partial charge < -0.3 is 26.4 Å². The van der Waals surface area contributed by atoms with Crippen LogP contribution in [0.3, 0.4) is 0 Å². The molecule has 1 aliphatic heterocycles. The summed E-state index contributed by atoms with van der Waals surface area (Å²) in [4.78, 5) is 15.3. The van der Waals surface area contributed by atoms with E-state index in [1.807, 2.05) is 12.1 Å². The third kappa shape index (κ3) is 6.38. The van der Waals surface area contributed by atoms with Crippen molar-refractivity contribution in [1.29, 1.82) is 5.41 Å². The zero-order chi connectivity index (χ0) is 17.5. The van der Waals surface area contributed by atoms with E-state index < -0.39 is 12.1 Å².